The van der Waals surface area contributed by atoms with E-state index in [2.05, 4.69) is 4.90 Å². The van der Waals surface area contributed by atoms with E-state index in [-0.39, 0.29) is 12.1 Å². The van der Waals surface area contributed by atoms with Crippen molar-refractivity contribution in [3.05, 3.63) is 34.9 Å². The van der Waals surface area contributed by atoms with Crippen LogP contribution in [0.5, 0.6) is 0 Å². The summed E-state index contributed by atoms with van der Waals surface area (Å²) in [5, 5.41) is 9.98. The van der Waals surface area contributed by atoms with Crippen LogP contribution in [0, 0.1) is 0 Å². The summed E-state index contributed by atoms with van der Waals surface area (Å²) in [6, 6.07) is 7.65. The molecular weight excluding hydrogens is 236 g/mol. The molecule has 0 saturated heterocycles. The molecule has 0 heterocycles. The summed E-state index contributed by atoms with van der Waals surface area (Å²) < 4.78 is 0. The highest BCUT2D eigenvalue weighted by molar-refractivity contribution is 6.30. The third-order valence-corrected chi connectivity index (χ3v) is 2.95. The first-order chi connectivity index (χ1) is 7.99. The van der Waals surface area contributed by atoms with Gasteiger partial charge in [0.15, 0.2) is 0 Å². The number of halogens is 1. The number of hydrogen-bond acceptors (Lipinski definition) is 3. The maximum absolute atomic E-state index is 9.25. The fraction of sp³-hybridized carbons (Fsp3) is 0.538. The van der Waals surface area contributed by atoms with Gasteiger partial charge in [0.05, 0.1) is 6.10 Å². The van der Waals surface area contributed by atoms with E-state index in [0.717, 1.165) is 23.6 Å². The Bertz CT molecular complexity index is 327. The van der Waals surface area contributed by atoms with E-state index in [9.17, 15) is 5.11 Å². The average Bonchev–Trinajstić information content (AvgIpc) is 2.26. The van der Waals surface area contributed by atoms with Crippen molar-refractivity contribution in [2.75, 3.05) is 20.1 Å². The molecule has 0 aliphatic heterocycles. The number of rotatable bonds is 6. The van der Waals surface area contributed by atoms with Crippen LogP contribution in [0.3, 0.4) is 0 Å². The van der Waals surface area contributed by atoms with Gasteiger partial charge in [-0.15, -0.1) is 0 Å². The highest BCUT2D eigenvalue weighted by Crippen LogP contribution is 2.17. The zero-order valence-electron chi connectivity index (χ0n) is 10.4. The zero-order chi connectivity index (χ0) is 12.8. The van der Waals surface area contributed by atoms with Crippen LogP contribution in [0.25, 0.3) is 0 Å². The molecule has 17 heavy (non-hydrogen) atoms. The first kappa shape index (κ1) is 14.5. The number of hydrogen-bond donors (Lipinski definition) is 2. The first-order valence-electron chi connectivity index (χ1n) is 5.86. The molecule has 3 N–H and O–H groups in total. The van der Waals surface area contributed by atoms with E-state index in [1.54, 1.807) is 6.92 Å². The van der Waals surface area contributed by atoms with E-state index in [1.165, 1.54) is 0 Å². The molecule has 0 aliphatic carbocycles. The fourth-order valence-corrected chi connectivity index (χ4v) is 1.90. The molecule has 4 heteroatoms. The number of aliphatic hydroxyl groups is 1. The van der Waals surface area contributed by atoms with E-state index in [1.807, 2.05) is 31.3 Å². The second-order valence-corrected chi connectivity index (χ2v) is 4.99. The molecule has 3 nitrogen and oxygen atoms in total. The van der Waals surface area contributed by atoms with Crippen molar-refractivity contribution in [3.63, 3.8) is 0 Å². The van der Waals surface area contributed by atoms with Gasteiger partial charge in [0.2, 0.25) is 0 Å². The van der Waals surface area contributed by atoms with Crippen molar-refractivity contribution in [1.29, 1.82) is 0 Å². The lowest BCUT2D eigenvalue weighted by atomic mass is 10.0. The van der Waals surface area contributed by atoms with Crippen molar-refractivity contribution in [2.24, 2.45) is 5.73 Å². The van der Waals surface area contributed by atoms with E-state index < -0.39 is 0 Å². The summed E-state index contributed by atoms with van der Waals surface area (Å²) in [6.45, 7) is 3.33. The Balaban J connectivity index is 2.39. The van der Waals surface area contributed by atoms with Crippen molar-refractivity contribution in [1.82, 2.24) is 4.90 Å². The van der Waals surface area contributed by atoms with Gasteiger partial charge in [0.25, 0.3) is 0 Å². The second kappa shape index (κ2) is 6.97. The van der Waals surface area contributed by atoms with Crippen LogP contribution in [-0.4, -0.2) is 36.2 Å². The number of nitrogens with two attached hydrogens (primary N) is 1. The smallest absolute Gasteiger partial charge is 0.0638 e. The molecule has 0 amide bonds. The van der Waals surface area contributed by atoms with E-state index in [0.29, 0.717) is 6.54 Å². The monoisotopic (exact) mass is 256 g/mol. The predicted molar refractivity (Wildman–Crippen MR) is 72.2 cm³/mol. The predicted octanol–water partition coefficient (Wildman–Crippen LogP) is 2.04. The van der Waals surface area contributed by atoms with Gasteiger partial charge in [-0.1, -0.05) is 23.7 Å². The molecule has 0 radical (unpaired) electrons. The lowest BCUT2D eigenvalue weighted by Crippen LogP contribution is -2.30. The van der Waals surface area contributed by atoms with E-state index in [4.69, 9.17) is 17.3 Å². The van der Waals surface area contributed by atoms with Gasteiger partial charge in [0, 0.05) is 17.6 Å². The quantitative estimate of drug-likeness (QED) is 0.819. The van der Waals surface area contributed by atoms with Crippen LogP contribution in [0.1, 0.15) is 24.9 Å². The van der Waals surface area contributed by atoms with Gasteiger partial charge < -0.3 is 15.7 Å². The van der Waals surface area contributed by atoms with Gasteiger partial charge in [0.1, 0.15) is 0 Å². The molecule has 1 rings (SSSR count). The molecule has 1 aromatic carbocycles. The highest BCUT2D eigenvalue weighted by Gasteiger charge is 2.08. The number of likely N-dealkylation sites (N-methyl/N-ethyl adjacent to an activating group) is 1. The molecule has 0 bridgehead atoms. The Kier molecular flexibility index (Phi) is 5.92. The fourth-order valence-electron chi connectivity index (χ4n) is 1.78. The Morgan fingerprint density at radius 3 is 2.47 bits per heavy atom. The minimum Gasteiger partial charge on any atom is -0.392 e. The summed E-state index contributed by atoms with van der Waals surface area (Å²) in [5.41, 5.74) is 7.19. The summed E-state index contributed by atoms with van der Waals surface area (Å²) in [5.74, 6) is 0. The lowest BCUT2D eigenvalue weighted by molar-refractivity contribution is 0.139. The van der Waals surface area contributed by atoms with Gasteiger partial charge in [-0.2, -0.15) is 0 Å². The third kappa shape index (κ3) is 5.50. The van der Waals surface area contributed by atoms with Gasteiger partial charge in [-0.05, 0) is 44.6 Å². The molecule has 96 valence electrons. The molecule has 2 unspecified atom stereocenters. The Morgan fingerprint density at radius 2 is 1.94 bits per heavy atom. The molecular formula is C13H21ClN2O. The molecule has 0 aliphatic rings. The number of benzene rings is 1. The minimum absolute atomic E-state index is 0.0173. The molecule has 0 aromatic heterocycles. The standard InChI is InChI=1S/C13H21ClN2O/c1-10(17)9-16(2)8-7-13(15)11-3-5-12(14)6-4-11/h3-6,10,13,17H,7-9,15H2,1-2H3. The SMILES string of the molecule is CC(O)CN(C)CCC(N)c1ccc(Cl)cc1. The van der Waals surface area contributed by atoms with Crippen molar-refractivity contribution < 1.29 is 5.11 Å². The van der Waals surface area contributed by atoms with Gasteiger partial charge in [-0.3, -0.25) is 0 Å². The molecule has 1 aromatic rings. The van der Waals surface area contributed by atoms with Crippen molar-refractivity contribution in [3.8, 4) is 0 Å². The first-order valence-corrected chi connectivity index (χ1v) is 6.24. The normalized spacial score (nSPS) is 14.9. The Labute approximate surface area is 108 Å². The molecule has 0 fully saturated rings. The number of aliphatic hydroxyl groups excluding tert-OH is 1. The van der Waals surface area contributed by atoms with Crippen LogP contribution < -0.4 is 5.73 Å². The van der Waals surface area contributed by atoms with Crippen LogP contribution in [0.15, 0.2) is 24.3 Å². The topological polar surface area (TPSA) is 49.5 Å². The summed E-state index contributed by atoms with van der Waals surface area (Å²) in [6.07, 6.45) is 0.567. The summed E-state index contributed by atoms with van der Waals surface area (Å²) in [7, 11) is 1.99. The molecule has 0 saturated carbocycles. The maximum atomic E-state index is 9.25. The highest BCUT2D eigenvalue weighted by atomic mass is 35.5. The van der Waals surface area contributed by atoms with Crippen LogP contribution in [0.4, 0.5) is 0 Å². The Morgan fingerprint density at radius 1 is 1.35 bits per heavy atom. The van der Waals surface area contributed by atoms with E-state index >= 15 is 0 Å². The van der Waals surface area contributed by atoms with Gasteiger partial charge >= 0.3 is 0 Å². The second-order valence-electron chi connectivity index (χ2n) is 4.56. The Hall–Kier alpha value is -0.610. The summed E-state index contributed by atoms with van der Waals surface area (Å²) >= 11 is 5.82. The van der Waals surface area contributed by atoms with Crippen molar-refractivity contribution >= 4 is 11.6 Å². The van der Waals surface area contributed by atoms with Gasteiger partial charge in [-0.25, -0.2) is 0 Å². The third-order valence-electron chi connectivity index (χ3n) is 2.70. The van der Waals surface area contributed by atoms with Crippen LogP contribution in [0.2, 0.25) is 5.02 Å². The molecule has 0 spiro atoms. The maximum Gasteiger partial charge on any atom is 0.0638 e. The average molecular weight is 257 g/mol. The number of nitrogens with zero attached hydrogens (tertiary/aromatic N) is 1. The lowest BCUT2D eigenvalue weighted by Gasteiger charge is -2.20. The summed E-state index contributed by atoms with van der Waals surface area (Å²) in [4.78, 5) is 2.08. The van der Waals surface area contributed by atoms with Crippen molar-refractivity contribution in [2.45, 2.75) is 25.5 Å². The largest absolute Gasteiger partial charge is 0.392 e. The zero-order valence-corrected chi connectivity index (χ0v) is 11.2. The van der Waals surface area contributed by atoms with Crippen LogP contribution in [-0.2, 0) is 0 Å². The van der Waals surface area contributed by atoms with Crippen LogP contribution >= 0.6 is 11.6 Å². The molecule has 2 atom stereocenters. The minimum atomic E-state index is -0.299.